The average molecular weight is 617 g/mol. The first-order chi connectivity index (χ1) is 23.8. The van der Waals surface area contributed by atoms with Crippen molar-refractivity contribution in [1.29, 1.82) is 0 Å². The summed E-state index contributed by atoms with van der Waals surface area (Å²) in [5.41, 5.74) is 10.8. The fourth-order valence-electron chi connectivity index (χ4n) is 7.17. The molecule has 4 heterocycles. The van der Waals surface area contributed by atoms with E-state index in [1.54, 1.807) is 0 Å². The Morgan fingerprint density at radius 3 is 2.23 bits per heavy atom. The van der Waals surface area contributed by atoms with Gasteiger partial charge in [0, 0.05) is 33.8 Å². The van der Waals surface area contributed by atoms with Gasteiger partial charge >= 0.3 is 0 Å². The summed E-state index contributed by atoms with van der Waals surface area (Å²) in [7, 11) is 0. The maximum Gasteiger partial charge on any atom is 0.269 e. The van der Waals surface area contributed by atoms with Crippen molar-refractivity contribution in [3.8, 4) is 17.2 Å². The molecule has 0 radical (unpaired) electrons. The first-order valence-electron chi connectivity index (χ1n) is 16.2. The topological polar surface area (TPSA) is 39.8 Å². The molecule has 0 aliphatic carbocycles. The Morgan fingerprint density at radius 1 is 0.562 bits per heavy atom. The van der Waals surface area contributed by atoms with E-state index in [9.17, 15) is 0 Å². The molecule has 0 saturated carbocycles. The predicted molar refractivity (Wildman–Crippen MR) is 192 cm³/mol. The van der Waals surface area contributed by atoms with Crippen molar-refractivity contribution in [1.82, 2.24) is 14.1 Å². The zero-order chi connectivity index (χ0) is 31.6. The van der Waals surface area contributed by atoms with Gasteiger partial charge in [0.05, 0.1) is 33.4 Å². The number of pyridine rings is 1. The maximum absolute atomic E-state index is 6.26. The highest BCUT2D eigenvalue weighted by atomic mass is 16.3. The normalized spacial score (nSPS) is 11.8. The molecule has 0 spiro atoms. The highest BCUT2D eigenvalue weighted by molar-refractivity contribution is 6.10. The largest absolute Gasteiger partial charge is 0.456 e. The molecule has 10 rings (SSSR count). The van der Waals surface area contributed by atoms with Crippen LogP contribution in [0.2, 0.25) is 0 Å². The van der Waals surface area contributed by atoms with Gasteiger partial charge in [0.15, 0.2) is 0 Å². The van der Waals surface area contributed by atoms with E-state index in [4.69, 9.17) is 9.40 Å². The molecular formula is C43H28N4O. The second-order valence-electron chi connectivity index (χ2n) is 12.3. The SMILES string of the molecule is [c-]1n(-c2cccc(Cc3ccc4c5ccccc5n(-c5cc6oc7ccccc7c6cn5)c4c3)c2)c2ccccc2[n+]1-c1ccccc1. The van der Waals surface area contributed by atoms with E-state index in [-0.39, 0.29) is 0 Å². The van der Waals surface area contributed by atoms with Crippen molar-refractivity contribution in [3.05, 3.63) is 175 Å². The van der Waals surface area contributed by atoms with Crippen molar-refractivity contribution >= 4 is 54.8 Å². The Hall–Kier alpha value is -6.46. The van der Waals surface area contributed by atoms with E-state index < -0.39 is 0 Å². The highest BCUT2D eigenvalue weighted by Gasteiger charge is 2.17. The molecule has 226 valence electrons. The van der Waals surface area contributed by atoms with Gasteiger partial charge in [-0.3, -0.25) is 13.7 Å². The summed E-state index contributed by atoms with van der Waals surface area (Å²) < 4.78 is 12.8. The molecule has 0 N–H and O–H groups in total. The summed E-state index contributed by atoms with van der Waals surface area (Å²) in [6.45, 7) is 0. The third-order valence-electron chi connectivity index (χ3n) is 9.37. The molecule has 10 aromatic rings. The highest BCUT2D eigenvalue weighted by Crippen LogP contribution is 2.35. The minimum absolute atomic E-state index is 0.791. The van der Waals surface area contributed by atoms with Crippen LogP contribution in [0.4, 0.5) is 0 Å². The molecule has 0 aliphatic rings. The molecule has 0 amide bonds. The van der Waals surface area contributed by atoms with Crippen LogP contribution in [0.1, 0.15) is 11.1 Å². The summed E-state index contributed by atoms with van der Waals surface area (Å²) >= 11 is 0. The lowest BCUT2D eigenvalue weighted by atomic mass is 10.0. The Morgan fingerprint density at radius 2 is 1.31 bits per heavy atom. The van der Waals surface area contributed by atoms with E-state index >= 15 is 0 Å². The molecule has 48 heavy (non-hydrogen) atoms. The predicted octanol–water partition coefficient (Wildman–Crippen LogP) is 9.69. The average Bonchev–Trinajstić information content (AvgIpc) is 3.81. The van der Waals surface area contributed by atoms with E-state index in [1.807, 2.05) is 30.5 Å². The molecule has 0 atom stereocenters. The number of hydrogen-bond acceptors (Lipinski definition) is 2. The third kappa shape index (κ3) is 4.18. The van der Waals surface area contributed by atoms with Crippen LogP contribution in [-0.2, 0) is 6.42 Å². The lowest BCUT2D eigenvalue weighted by Crippen LogP contribution is -2.29. The van der Waals surface area contributed by atoms with Gasteiger partial charge in [-0.15, -0.1) is 0 Å². The van der Waals surface area contributed by atoms with Crippen LogP contribution >= 0.6 is 0 Å². The van der Waals surface area contributed by atoms with E-state index in [0.717, 1.165) is 67.6 Å². The molecular weight excluding hydrogens is 589 g/mol. The smallest absolute Gasteiger partial charge is 0.269 e. The van der Waals surface area contributed by atoms with Gasteiger partial charge in [-0.1, -0.05) is 103 Å². The van der Waals surface area contributed by atoms with E-state index in [2.05, 4.69) is 147 Å². The minimum atomic E-state index is 0.791. The maximum atomic E-state index is 6.26. The Bertz CT molecular complexity index is 2820. The summed E-state index contributed by atoms with van der Waals surface area (Å²) in [5, 5.41) is 4.51. The zero-order valence-electron chi connectivity index (χ0n) is 25.9. The molecule has 0 aliphatic heterocycles. The van der Waals surface area contributed by atoms with Crippen LogP contribution < -0.4 is 4.57 Å². The number of furan rings is 1. The second kappa shape index (κ2) is 10.5. The molecule has 0 unspecified atom stereocenters. The first-order valence-corrected chi connectivity index (χ1v) is 16.2. The van der Waals surface area contributed by atoms with Crippen molar-refractivity contribution in [2.75, 3.05) is 0 Å². The Balaban J connectivity index is 1.07. The van der Waals surface area contributed by atoms with E-state index in [1.165, 1.54) is 21.9 Å². The monoisotopic (exact) mass is 616 g/mol. The number of hydrogen-bond donors (Lipinski definition) is 0. The van der Waals surface area contributed by atoms with E-state index in [0.29, 0.717) is 0 Å². The molecule has 6 aromatic carbocycles. The van der Waals surface area contributed by atoms with Crippen LogP contribution in [0.3, 0.4) is 0 Å². The molecule has 0 fully saturated rings. The number of nitrogens with zero attached hydrogens (tertiary/aromatic N) is 4. The van der Waals surface area contributed by atoms with Crippen molar-refractivity contribution in [2.24, 2.45) is 0 Å². The second-order valence-corrected chi connectivity index (χ2v) is 12.3. The van der Waals surface area contributed by atoms with Gasteiger partial charge in [-0.25, -0.2) is 4.98 Å². The van der Waals surface area contributed by atoms with Gasteiger partial charge in [0.25, 0.3) is 6.33 Å². The standard InChI is InChI=1S/C43H28N4O/c1-2-12-31(13-3-1)45-28-46(39-19-8-7-18-38(39)45)32-14-10-11-29(24-32)23-30-21-22-34-33-15-4-6-17-37(33)47(40(34)25-30)43-26-42-36(27-44-43)35-16-5-9-20-41(35)48-42/h1-22,24-27H,23H2. The first kappa shape index (κ1) is 26.7. The minimum Gasteiger partial charge on any atom is -0.456 e. The molecule has 5 nitrogen and oxygen atoms in total. The number of rotatable bonds is 5. The van der Waals surface area contributed by atoms with Crippen molar-refractivity contribution < 1.29 is 8.98 Å². The van der Waals surface area contributed by atoms with Crippen molar-refractivity contribution in [3.63, 3.8) is 0 Å². The quantitative estimate of drug-likeness (QED) is 0.143. The zero-order valence-corrected chi connectivity index (χ0v) is 25.9. The summed E-state index contributed by atoms with van der Waals surface area (Å²) in [6.07, 6.45) is 6.35. The van der Waals surface area contributed by atoms with Gasteiger partial charge in [0.2, 0.25) is 0 Å². The van der Waals surface area contributed by atoms with Crippen LogP contribution in [0.15, 0.2) is 162 Å². The van der Waals surface area contributed by atoms with Crippen LogP contribution in [-0.4, -0.2) is 14.1 Å². The summed E-state index contributed by atoms with van der Waals surface area (Å²) in [6, 6.07) is 53.2. The molecule has 0 bridgehead atoms. The number of aromatic nitrogens is 4. The van der Waals surface area contributed by atoms with Gasteiger partial charge < -0.3 is 4.42 Å². The number of para-hydroxylation sites is 5. The van der Waals surface area contributed by atoms with Crippen LogP contribution in [0.25, 0.3) is 72.0 Å². The van der Waals surface area contributed by atoms with Crippen molar-refractivity contribution in [2.45, 2.75) is 6.42 Å². The van der Waals surface area contributed by atoms with Crippen LogP contribution in [0.5, 0.6) is 0 Å². The van der Waals surface area contributed by atoms with Gasteiger partial charge in [0.1, 0.15) is 17.0 Å². The number of fused-ring (bicyclic) bond motifs is 7. The molecule has 0 saturated heterocycles. The Kier molecular flexibility index (Phi) is 5.87. The Labute approximate surface area is 276 Å². The van der Waals surface area contributed by atoms with Gasteiger partial charge in [-0.05, 0) is 60.0 Å². The molecule has 5 heteroatoms. The van der Waals surface area contributed by atoms with Crippen LogP contribution in [0, 0.1) is 6.33 Å². The lowest BCUT2D eigenvalue weighted by Gasteiger charge is -2.09. The van der Waals surface area contributed by atoms with Gasteiger partial charge in [-0.2, -0.15) is 0 Å². The third-order valence-corrected chi connectivity index (χ3v) is 9.37. The number of benzene rings is 6. The summed E-state index contributed by atoms with van der Waals surface area (Å²) in [5.74, 6) is 0.841. The fraction of sp³-hybridized carbons (Fsp3) is 0.0233. The number of imidazole rings is 1. The molecule has 4 aromatic heterocycles. The lowest BCUT2D eigenvalue weighted by molar-refractivity contribution is -0.572. The fourth-order valence-corrected chi connectivity index (χ4v) is 7.17. The summed E-state index contributed by atoms with van der Waals surface area (Å²) in [4.78, 5) is 4.97.